The van der Waals surface area contributed by atoms with Crippen LogP contribution in [0.2, 0.25) is 0 Å². The molecule has 2 atom stereocenters. The number of fused-ring (bicyclic) bond motifs is 5. The van der Waals surface area contributed by atoms with Gasteiger partial charge in [0, 0.05) is 36.8 Å². The van der Waals surface area contributed by atoms with Crippen molar-refractivity contribution in [1.82, 2.24) is 14.8 Å². The molecule has 2 amide bonds. The number of aromatic nitrogens is 1. The van der Waals surface area contributed by atoms with Crippen molar-refractivity contribution in [1.29, 1.82) is 0 Å². The average molecular weight is 365 g/mol. The van der Waals surface area contributed by atoms with Gasteiger partial charge < -0.3 is 9.80 Å². The summed E-state index contributed by atoms with van der Waals surface area (Å²) in [7, 11) is 0. The number of piperidine rings is 1. The lowest BCUT2D eigenvalue weighted by atomic mass is 9.94. The van der Waals surface area contributed by atoms with Crippen molar-refractivity contribution in [2.75, 3.05) is 19.6 Å². The number of pyridine rings is 1. The quantitative estimate of drug-likeness (QED) is 0.838. The molecule has 3 aliphatic heterocycles. The first-order chi connectivity index (χ1) is 13.0. The van der Waals surface area contributed by atoms with Crippen LogP contribution in [0.5, 0.6) is 0 Å². The normalized spacial score (nSPS) is 22.4. The topological polar surface area (TPSA) is 53.5 Å². The zero-order valence-corrected chi connectivity index (χ0v) is 16.4. The summed E-state index contributed by atoms with van der Waals surface area (Å²) in [5.74, 6) is 0.198. The molecule has 1 aromatic carbocycles. The van der Waals surface area contributed by atoms with Gasteiger partial charge in [0.15, 0.2) is 0 Å². The van der Waals surface area contributed by atoms with Gasteiger partial charge in [-0.25, -0.2) is 0 Å². The van der Waals surface area contributed by atoms with Crippen LogP contribution in [0.4, 0.5) is 0 Å². The molecule has 0 spiro atoms. The zero-order chi connectivity index (χ0) is 19.1. The van der Waals surface area contributed by atoms with E-state index in [1.165, 1.54) is 0 Å². The van der Waals surface area contributed by atoms with Crippen LogP contribution in [-0.2, 0) is 4.79 Å². The fraction of sp³-hybridized carbons (Fsp3) is 0.500. The number of benzene rings is 1. The lowest BCUT2D eigenvalue weighted by molar-refractivity contribution is -0.139. The number of rotatable bonds is 3. The van der Waals surface area contributed by atoms with Crippen LogP contribution in [-0.4, -0.2) is 52.3 Å². The number of carbonyl (C=O) groups excluding carboxylic acids is 2. The molecule has 2 aromatic rings. The van der Waals surface area contributed by atoms with Gasteiger partial charge in [0.1, 0.15) is 0 Å². The first-order valence-corrected chi connectivity index (χ1v) is 9.96. The molecule has 0 aliphatic carbocycles. The summed E-state index contributed by atoms with van der Waals surface area (Å²) in [6, 6.07) is 8.02. The summed E-state index contributed by atoms with van der Waals surface area (Å²) in [5.41, 5.74) is 3.52. The summed E-state index contributed by atoms with van der Waals surface area (Å²) < 4.78 is 0. The fourth-order valence-electron chi connectivity index (χ4n) is 4.61. The van der Waals surface area contributed by atoms with Crippen molar-refractivity contribution < 1.29 is 9.59 Å². The Kier molecular flexibility index (Phi) is 4.62. The summed E-state index contributed by atoms with van der Waals surface area (Å²) in [6.45, 7) is 8.01. The van der Waals surface area contributed by atoms with Crippen LogP contribution < -0.4 is 0 Å². The van der Waals surface area contributed by atoms with Crippen LogP contribution in [0.15, 0.2) is 24.3 Å². The number of hydrogen-bond donors (Lipinski definition) is 0. The minimum absolute atomic E-state index is 0.0270. The summed E-state index contributed by atoms with van der Waals surface area (Å²) in [6.07, 6.45) is 2.84. The standard InChI is InChI=1S/C22H27N3O2/c1-4-10-25-17-9-8-16(21(25)26)12-24(13-17)22(27)19-11-15(3)23-20-14(2)6-5-7-18(19)20/h5-7,11,16-17H,4,8-10,12-13H2,1-3H3/t16-,17+/m0/s1. The Morgan fingerprint density at radius 2 is 2.04 bits per heavy atom. The Labute approximate surface area is 160 Å². The molecule has 5 heteroatoms. The summed E-state index contributed by atoms with van der Waals surface area (Å²) in [4.78, 5) is 34.8. The molecule has 2 bridgehead atoms. The van der Waals surface area contributed by atoms with Gasteiger partial charge >= 0.3 is 0 Å². The largest absolute Gasteiger partial charge is 0.338 e. The van der Waals surface area contributed by atoms with Crippen molar-refractivity contribution in [3.05, 3.63) is 41.1 Å². The second-order valence-electron chi connectivity index (χ2n) is 7.95. The molecule has 0 saturated carbocycles. The molecule has 1 aromatic heterocycles. The highest BCUT2D eigenvalue weighted by molar-refractivity contribution is 6.07. The van der Waals surface area contributed by atoms with Gasteiger partial charge in [-0.1, -0.05) is 25.1 Å². The smallest absolute Gasteiger partial charge is 0.254 e. The minimum atomic E-state index is -0.0600. The second-order valence-corrected chi connectivity index (χ2v) is 7.95. The van der Waals surface area contributed by atoms with Crippen molar-refractivity contribution in [2.24, 2.45) is 5.92 Å². The molecule has 5 rings (SSSR count). The SMILES string of the molecule is CCCN1C(=O)[C@H]2CC[C@@H]1CN(C(=O)c1cc(C)nc3c(C)cccc13)C2. The van der Waals surface area contributed by atoms with Crippen LogP contribution in [0.25, 0.3) is 10.9 Å². The average Bonchev–Trinajstić information content (AvgIpc) is 2.94. The van der Waals surface area contributed by atoms with Crippen LogP contribution >= 0.6 is 0 Å². The van der Waals surface area contributed by atoms with E-state index in [-0.39, 0.29) is 23.8 Å². The van der Waals surface area contributed by atoms with Gasteiger partial charge in [0.05, 0.1) is 17.0 Å². The molecule has 0 N–H and O–H groups in total. The molecule has 0 unspecified atom stereocenters. The van der Waals surface area contributed by atoms with Gasteiger partial charge in [0.25, 0.3) is 5.91 Å². The number of hydrogen-bond acceptors (Lipinski definition) is 3. The zero-order valence-electron chi connectivity index (χ0n) is 16.4. The third-order valence-corrected chi connectivity index (χ3v) is 5.94. The van der Waals surface area contributed by atoms with Gasteiger partial charge in [-0.2, -0.15) is 0 Å². The van der Waals surface area contributed by atoms with E-state index < -0.39 is 0 Å². The maximum atomic E-state index is 13.5. The number of aryl methyl sites for hydroxylation is 2. The first-order valence-electron chi connectivity index (χ1n) is 9.96. The van der Waals surface area contributed by atoms with Gasteiger partial charge in [-0.15, -0.1) is 0 Å². The van der Waals surface area contributed by atoms with E-state index >= 15 is 0 Å². The van der Waals surface area contributed by atoms with E-state index in [4.69, 9.17) is 0 Å². The monoisotopic (exact) mass is 365 g/mol. The van der Waals surface area contributed by atoms with Gasteiger partial charge in [0.2, 0.25) is 5.91 Å². The molecule has 3 fully saturated rings. The van der Waals surface area contributed by atoms with Crippen LogP contribution in [0.3, 0.4) is 0 Å². The Bertz CT molecular complexity index is 908. The third kappa shape index (κ3) is 3.09. The number of amides is 2. The Morgan fingerprint density at radius 3 is 2.81 bits per heavy atom. The highest BCUT2D eigenvalue weighted by Gasteiger charge is 2.41. The van der Waals surface area contributed by atoms with E-state index in [1.54, 1.807) is 0 Å². The highest BCUT2D eigenvalue weighted by Crippen LogP contribution is 2.31. The first kappa shape index (κ1) is 18.0. The van der Waals surface area contributed by atoms with E-state index in [1.807, 2.05) is 47.9 Å². The molecule has 142 valence electrons. The minimum Gasteiger partial charge on any atom is -0.338 e. The molecule has 3 aliphatic rings. The van der Waals surface area contributed by atoms with Crippen molar-refractivity contribution in [3.63, 3.8) is 0 Å². The number of para-hydroxylation sites is 1. The molecule has 27 heavy (non-hydrogen) atoms. The van der Waals surface area contributed by atoms with E-state index in [0.29, 0.717) is 18.7 Å². The second kappa shape index (κ2) is 6.95. The molecular weight excluding hydrogens is 338 g/mol. The van der Waals surface area contributed by atoms with Crippen molar-refractivity contribution in [2.45, 2.75) is 46.1 Å². The Balaban J connectivity index is 1.71. The van der Waals surface area contributed by atoms with Crippen molar-refractivity contribution >= 4 is 22.7 Å². The molecule has 5 nitrogen and oxygen atoms in total. The van der Waals surface area contributed by atoms with Crippen LogP contribution in [0, 0.1) is 19.8 Å². The summed E-state index contributed by atoms with van der Waals surface area (Å²) >= 11 is 0. The molecule has 4 heterocycles. The van der Waals surface area contributed by atoms with Crippen LogP contribution in [0.1, 0.15) is 47.8 Å². The molecular formula is C22H27N3O2. The number of carbonyl (C=O) groups is 2. The van der Waals surface area contributed by atoms with Gasteiger partial charge in [-0.3, -0.25) is 14.6 Å². The highest BCUT2D eigenvalue weighted by atomic mass is 16.2. The molecule has 3 saturated heterocycles. The fourth-order valence-corrected chi connectivity index (χ4v) is 4.61. The Hall–Kier alpha value is -2.43. The van der Waals surface area contributed by atoms with E-state index in [2.05, 4.69) is 11.9 Å². The lowest BCUT2D eigenvalue weighted by Gasteiger charge is -2.35. The van der Waals surface area contributed by atoms with Crippen molar-refractivity contribution in [3.8, 4) is 0 Å². The molecule has 0 radical (unpaired) electrons. The maximum absolute atomic E-state index is 13.5. The van der Waals surface area contributed by atoms with Gasteiger partial charge in [-0.05, 0) is 44.7 Å². The number of nitrogens with zero attached hydrogens (tertiary/aromatic N) is 3. The van der Waals surface area contributed by atoms with E-state index in [9.17, 15) is 9.59 Å². The predicted molar refractivity (Wildman–Crippen MR) is 106 cm³/mol. The predicted octanol–water partition coefficient (Wildman–Crippen LogP) is 3.32. The maximum Gasteiger partial charge on any atom is 0.254 e. The Morgan fingerprint density at radius 1 is 1.22 bits per heavy atom. The van der Waals surface area contributed by atoms with E-state index in [0.717, 1.165) is 48.0 Å². The third-order valence-electron chi connectivity index (χ3n) is 5.94. The summed E-state index contributed by atoms with van der Waals surface area (Å²) in [5, 5.41) is 0.902. The lowest BCUT2D eigenvalue weighted by Crippen LogP contribution is -2.48.